The number of rotatable bonds is 11. The van der Waals surface area contributed by atoms with Crippen molar-refractivity contribution >= 4 is 47.7 Å². The van der Waals surface area contributed by atoms with Gasteiger partial charge < -0.3 is 25.5 Å². The minimum absolute atomic E-state index is 0.0519. The van der Waals surface area contributed by atoms with Gasteiger partial charge in [0, 0.05) is 51.8 Å². The zero-order valence-corrected chi connectivity index (χ0v) is 25.4. The Labute approximate surface area is 249 Å². The van der Waals surface area contributed by atoms with E-state index in [0.29, 0.717) is 53.6 Å². The predicted octanol–water partition coefficient (Wildman–Crippen LogP) is 3.51. The molecule has 0 bridgehead atoms. The van der Waals surface area contributed by atoms with Crippen LogP contribution in [0.1, 0.15) is 87.0 Å². The first-order chi connectivity index (χ1) is 20.4. The van der Waals surface area contributed by atoms with Gasteiger partial charge in [-0.2, -0.15) is 0 Å². The van der Waals surface area contributed by atoms with E-state index in [1.807, 2.05) is 45.9 Å². The molecule has 2 aliphatic rings. The molecule has 2 aromatic rings. The molecule has 0 fully saturated rings. The lowest BCUT2D eigenvalue weighted by Crippen LogP contribution is -2.15. The summed E-state index contributed by atoms with van der Waals surface area (Å²) in [4.78, 5) is 58.6. The fourth-order valence-electron chi connectivity index (χ4n) is 5.78. The first-order valence-electron chi connectivity index (χ1n) is 14.5. The number of carboxylic acids is 2. The molecule has 2 aromatic heterocycles. The molecular weight excluding hydrogens is 548 g/mol. The smallest absolute Gasteiger partial charge is 0.303 e. The van der Waals surface area contributed by atoms with Crippen LogP contribution in [0.3, 0.4) is 0 Å². The van der Waals surface area contributed by atoms with Gasteiger partial charge in [0.15, 0.2) is 0 Å². The summed E-state index contributed by atoms with van der Waals surface area (Å²) >= 11 is 0. The standard InChI is InChI=1S/C33H38N4O6/c1-7-20-18(5)32(42)36-26(20)14-28-22(9-11-30(38)39)16(3)24(34-28)13-25-17(4)23(10-12-31(40)41)29(35-25)15-27-21(8-2)19(6)33(43)37-27/h13-15,34-35H,7-12H2,1-6H3,(H,36,42)(H,38,39)(H,40,41)/b25-13-,26-14-,29-15?. The highest BCUT2D eigenvalue weighted by atomic mass is 16.4. The second-order valence-corrected chi connectivity index (χ2v) is 10.9. The van der Waals surface area contributed by atoms with E-state index in [1.165, 1.54) is 0 Å². The van der Waals surface area contributed by atoms with Crippen LogP contribution in [0.25, 0.3) is 18.2 Å². The first kappa shape index (κ1) is 31.2. The van der Waals surface area contributed by atoms with Crippen molar-refractivity contribution in [2.24, 2.45) is 4.99 Å². The normalized spacial score (nSPS) is 17.2. The molecule has 2 amide bonds. The van der Waals surface area contributed by atoms with Crippen molar-refractivity contribution in [1.82, 2.24) is 15.3 Å². The fourth-order valence-corrected chi connectivity index (χ4v) is 5.78. The molecule has 0 atom stereocenters. The number of aliphatic carboxylic acids is 2. The van der Waals surface area contributed by atoms with Crippen LogP contribution in [-0.2, 0) is 32.0 Å². The molecule has 226 valence electrons. The molecule has 4 heterocycles. The zero-order valence-electron chi connectivity index (χ0n) is 25.4. The van der Waals surface area contributed by atoms with Crippen LogP contribution in [0.5, 0.6) is 0 Å². The topological polar surface area (TPSA) is 165 Å². The second kappa shape index (κ2) is 12.6. The number of amides is 2. The van der Waals surface area contributed by atoms with Crippen molar-refractivity contribution in [2.75, 3.05) is 0 Å². The van der Waals surface area contributed by atoms with Gasteiger partial charge in [-0.1, -0.05) is 13.8 Å². The van der Waals surface area contributed by atoms with E-state index in [0.717, 1.165) is 50.1 Å². The Balaban J connectivity index is 1.89. The number of H-pyrrole nitrogens is 2. The van der Waals surface area contributed by atoms with Gasteiger partial charge in [0.2, 0.25) is 0 Å². The Hall–Kier alpha value is -4.73. The highest BCUT2D eigenvalue weighted by Gasteiger charge is 2.24. The molecule has 0 unspecified atom stereocenters. The van der Waals surface area contributed by atoms with Crippen LogP contribution in [-0.4, -0.2) is 49.6 Å². The van der Waals surface area contributed by atoms with E-state index < -0.39 is 11.9 Å². The third-order valence-electron chi connectivity index (χ3n) is 8.32. The molecule has 43 heavy (non-hydrogen) atoms. The minimum atomic E-state index is -0.911. The summed E-state index contributed by atoms with van der Waals surface area (Å²) in [5.41, 5.74) is 9.21. The summed E-state index contributed by atoms with van der Waals surface area (Å²) in [5, 5.41) is 23.2. The third kappa shape index (κ3) is 6.38. The van der Waals surface area contributed by atoms with Gasteiger partial charge in [-0.15, -0.1) is 0 Å². The number of nitrogens with zero attached hydrogens (tertiary/aromatic N) is 1. The van der Waals surface area contributed by atoms with E-state index >= 15 is 0 Å². The number of allylic oxidation sites excluding steroid dienone is 2. The van der Waals surface area contributed by atoms with Crippen LogP contribution >= 0.6 is 0 Å². The fraction of sp³-hybridized carbons (Fsp3) is 0.364. The Morgan fingerprint density at radius 3 is 1.98 bits per heavy atom. The van der Waals surface area contributed by atoms with Crippen molar-refractivity contribution in [1.29, 1.82) is 0 Å². The number of aliphatic imine (C=N–C) groups is 1. The van der Waals surface area contributed by atoms with Crippen molar-refractivity contribution in [2.45, 2.75) is 80.1 Å². The molecule has 0 saturated heterocycles. The SMILES string of the molecule is CCC1=C(C)C(=O)N=C1C=c1[nH]/c(=C\c2[nH]c(/C=C3\NC(=O)C(C)=C3CC)c(CCC(=O)O)c2C)c(C)c1CCC(=O)O. The van der Waals surface area contributed by atoms with Crippen LogP contribution in [0.15, 0.2) is 33.0 Å². The van der Waals surface area contributed by atoms with Crippen molar-refractivity contribution in [3.63, 3.8) is 0 Å². The molecule has 2 aliphatic heterocycles. The van der Waals surface area contributed by atoms with Gasteiger partial charge in [0.25, 0.3) is 11.8 Å². The molecule has 0 spiro atoms. The Morgan fingerprint density at radius 1 is 0.744 bits per heavy atom. The van der Waals surface area contributed by atoms with Gasteiger partial charge in [-0.3, -0.25) is 19.2 Å². The lowest BCUT2D eigenvalue weighted by atomic mass is 10.0. The van der Waals surface area contributed by atoms with E-state index in [1.54, 1.807) is 13.8 Å². The lowest BCUT2D eigenvalue weighted by molar-refractivity contribution is -0.138. The lowest BCUT2D eigenvalue weighted by Gasteiger charge is -2.05. The molecule has 0 aromatic carbocycles. The van der Waals surface area contributed by atoms with Crippen LogP contribution in [0.2, 0.25) is 0 Å². The molecule has 5 N–H and O–H groups in total. The maximum atomic E-state index is 12.3. The van der Waals surface area contributed by atoms with Crippen molar-refractivity contribution < 1.29 is 29.4 Å². The van der Waals surface area contributed by atoms with Gasteiger partial charge in [0.05, 0.1) is 5.71 Å². The number of hydrogen-bond donors (Lipinski definition) is 5. The van der Waals surface area contributed by atoms with Gasteiger partial charge in [0.1, 0.15) is 0 Å². The average molecular weight is 587 g/mol. The number of nitrogens with one attached hydrogen (secondary N) is 3. The number of carboxylic acid groups (broad SMARTS) is 2. The van der Waals surface area contributed by atoms with Crippen LogP contribution in [0, 0.1) is 13.8 Å². The Kier molecular flexibility index (Phi) is 9.18. The highest BCUT2D eigenvalue weighted by molar-refractivity contribution is 6.30. The summed E-state index contributed by atoms with van der Waals surface area (Å²) in [6.07, 6.45) is 7.40. The largest absolute Gasteiger partial charge is 0.481 e. The van der Waals surface area contributed by atoms with E-state index in [-0.39, 0.29) is 24.7 Å². The molecule has 10 heteroatoms. The minimum Gasteiger partial charge on any atom is -0.481 e. The van der Waals surface area contributed by atoms with Gasteiger partial charge in [-0.25, -0.2) is 4.99 Å². The number of aromatic amines is 2. The van der Waals surface area contributed by atoms with Crippen LogP contribution < -0.4 is 16.0 Å². The average Bonchev–Trinajstić information content (AvgIpc) is 3.59. The molecule has 0 saturated carbocycles. The molecule has 4 rings (SSSR count). The molecule has 10 nitrogen and oxygen atoms in total. The molecule has 0 radical (unpaired) electrons. The maximum absolute atomic E-state index is 12.3. The molecular formula is C33H38N4O6. The first-order valence-corrected chi connectivity index (χ1v) is 14.5. The van der Waals surface area contributed by atoms with Gasteiger partial charge in [-0.05, 0) is 105 Å². The van der Waals surface area contributed by atoms with E-state index in [4.69, 9.17) is 0 Å². The predicted molar refractivity (Wildman–Crippen MR) is 165 cm³/mol. The number of carbonyl (C=O) groups is 4. The summed E-state index contributed by atoms with van der Waals surface area (Å²) in [6, 6.07) is 0. The van der Waals surface area contributed by atoms with Crippen molar-refractivity contribution in [3.8, 4) is 0 Å². The highest BCUT2D eigenvalue weighted by Crippen LogP contribution is 2.28. The van der Waals surface area contributed by atoms with Crippen molar-refractivity contribution in [3.05, 3.63) is 72.3 Å². The second-order valence-electron chi connectivity index (χ2n) is 10.9. The number of hydrogen-bond acceptors (Lipinski definition) is 4. The van der Waals surface area contributed by atoms with Crippen LogP contribution in [0.4, 0.5) is 0 Å². The quantitative estimate of drug-likeness (QED) is 0.270. The monoisotopic (exact) mass is 586 g/mol. The van der Waals surface area contributed by atoms with E-state index in [2.05, 4.69) is 20.3 Å². The summed E-state index contributed by atoms with van der Waals surface area (Å²) < 4.78 is 0. The summed E-state index contributed by atoms with van der Waals surface area (Å²) in [5.74, 6) is -2.23. The number of carbonyl (C=O) groups excluding carboxylic acids is 2. The van der Waals surface area contributed by atoms with E-state index in [9.17, 15) is 29.4 Å². The maximum Gasteiger partial charge on any atom is 0.303 e. The Morgan fingerprint density at radius 2 is 1.37 bits per heavy atom. The number of aromatic nitrogens is 2. The zero-order chi connectivity index (χ0) is 31.6. The molecule has 0 aliphatic carbocycles. The Bertz CT molecular complexity index is 1790. The summed E-state index contributed by atoms with van der Waals surface area (Å²) in [7, 11) is 0. The van der Waals surface area contributed by atoms with Gasteiger partial charge >= 0.3 is 11.9 Å². The third-order valence-corrected chi connectivity index (χ3v) is 8.32. The summed E-state index contributed by atoms with van der Waals surface area (Å²) in [6.45, 7) is 11.3.